The fourth-order valence-electron chi connectivity index (χ4n) is 2.09. The molecule has 1 aromatic heterocycles. The Balaban J connectivity index is 2.04. The number of hydrogen-bond donors (Lipinski definition) is 0. The van der Waals surface area contributed by atoms with Crippen LogP contribution < -0.4 is 9.47 Å². The van der Waals surface area contributed by atoms with E-state index in [1.807, 2.05) is 48.5 Å². The van der Waals surface area contributed by atoms with E-state index in [9.17, 15) is 0 Å². The third-order valence-electron chi connectivity index (χ3n) is 3.11. The van der Waals surface area contributed by atoms with E-state index in [-0.39, 0.29) is 14.7 Å². The molecule has 0 fully saturated rings. The van der Waals surface area contributed by atoms with Gasteiger partial charge in [-0.05, 0) is 0 Å². The van der Waals surface area contributed by atoms with E-state index in [2.05, 4.69) is 8.96 Å². The predicted octanol–water partition coefficient (Wildman–Crippen LogP) is 2.88. The van der Waals surface area contributed by atoms with Crippen molar-refractivity contribution in [3.8, 4) is 33.0 Å². The third kappa shape index (κ3) is 2.71. The molecular formula is C16H14N2O2Se. The summed E-state index contributed by atoms with van der Waals surface area (Å²) < 4.78 is 16.3. The van der Waals surface area contributed by atoms with Gasteiger partial charge in [0.15, 0.2) is 0 Å². The van der Waals surface area contributed by atoms with Crippen molar-refractivity contribution in [2.75, 3.05) is 14.2 Å². The van der Waals surface area contributed by atoms with E-state index in [1.165, 1.54) is 0 Å². The minimum atomic E-state index is -0.0508. The van der Waals surface area contributed by atoms with Crippen LogP contribution in [0.4, 0.5) is 0 Å². The van der Waals surface area contributed by atoms with Crippen molar-refractivity contribution in [3.05, 3.63) is 48.5 Å². The van der Waals surface area contributed by atoms with Crippen LogP contribution in [0.3, 0.4) is 0 Å². The average Bonchev–Trinajstić information content (AvgIpc) is 3.04. The van der Waals surface area contributed by atoms with Crippen molar-refractivity contribution in [1.29, 1.82) is 0 Å². The summed E-state index contributed by atoms with van der Waals surface area (Å²) >= 11 is -0.0508. The van der Waals surface area contributed by atoms with Crippen LogP contribution in [0.5, 0.6) is 11.5 Å². The monoisotopic (exact) mass is 346 g/mol. The molecule has 3 aromatic rings. The Morgan fingerprint density at radius 2 is 1.38 bits per heavy atom. The zero-order valence-electron chi connectivity index (χ0n) is 11.7. The van der Waals surface area contributed by atoms with Crippen molar-refractivity contribution in [3.63, 3.8) is 0 Å². The van der Waals surface area contributed by atoms with E-state index >= 15 is 0 Å². The van der Waals surface area contributed by atoms with Crippen molar-refractivity contribution >= 4 is 14.7 Å². The van der Waals surface area contributed by atoms with Gasteiger partial charge in [0.2, 0.25) is 0 Å². The third-order valence-corrected chi connectivity index (χ3v) is 4.68. The second-order valence-corrected chi connectivity index (χ2v) is 5.90. The molecule has 0 aliphatic rings. The fraction of sp³-hybridized carbons (Fsp3) is 0.125. The number of nitrogens with zero attached hydrogens (tertiary/aromatic N) is 2. The molecule has 0 saturated carbocycles. The Bertz CT molecular complexity index is 693. The molecule has 0 saturated heterocycles. The molecular weight excluding hydrogens is 331 g/mol. The second kappa shape index (κ2) is 6.12. The standard InChI is InChI=1S/C16H14N2O2Se/c1-19-13-9-5-3-7-11(13)15-17-16(21-18-15)12-8-4-6-10-14(12)20-2/h3-10H,1-2H3. The maximum atomic E-state index is 5.40. The number of ether oxygens (including phenoxy) is 2. The summed E-state index contributed by atoms with van der Waals surface area (Å²) in [7, 11) is 3.33. The summed E-state index contributed by atoms with van der Waals surface area (Å²) in [5.41, 5.74) is 1.93. The normalized spacial score (nSPS) is 10.4. The Kier molecular flexibility index (Phi) is 4.04. The Labute approximate surface area is 129 Å². The van der Waals surface area contributed by atoms with E-state index in [1.54, 1.807) is 14.2 Å². The van der Waals surface area contributed by atoms with E-state index < -0.39 is 0 Å². The zero-order chi connectivity index (χ0) is 14.7. The van der Waals surface area contributed by atoms with Crippen LogP contribution in [-0.4, -0.2) is 37.9 Å². The molecule has 5 heteroatoms. The van der Waals surface area contributed by atoms with Crippen molar-refractivity contribution < 1.29 is 9.47 Å². The first kappa shape index (κ1) is 13.9. The van der Waals surface area contributed by atoms with E-state index in [0.29, 0.717) is 0 Å². The van der Waals surface area contributed by atoms with Crippen LogP contribution in [0.15, 0.2) is 48.5 Å². The summed E-state index contributed by atoms with van der Waals surface area (Å²) in [6.07, 6.45) is 0. The average molecular weight is 345 g/mol. The van der Waals surface area contributed by atoms with Crippen LogP contribution in [0.25, 0.3) is 21.5 Å². The van der Waals surface area contributed by atoms with Gasteiger partial charge in [-0.25, -0.2) is 0 Å². The van der Waals surface area contributed by atoms with Crippen LogP contribution >= 0.6 is 0 Å². The molecule has 2 aromatic carbocycles. The molecule has 0 aliphatic heterocycles. The molecule has 0 amide bonds. The molecule has 1 heterocycles. The van der Waals surface area contributed by atoms with E-state index in [4.69, 9.17) is 9.47 Å². The maximum absolute atomic E-state index is 5.40. The topological polar surface area (TPSA) is 44.2 Å². The van der Waals surface area contributed by atoms with Gasteiger partial charge in [-0.2, -0.15) is 0 Å². The number of rotatable bonds is 4. The van der Waals surface area contributed by atoms with Gasteiger partial charge in [-0.1, -0.05) is 0 Å². The molecule has 0 unspecified atom stereocenters. The number of methoxy groups -OCH3 is 2. The minimum absolute atomic E-state index is 0.0508. The van der Waals surface area contributed by atoms with Gasteiger partial charge in [0.25, 0.3) is 0 Å². The van der Waals surface area contributed by atoms with Crippen LogP contribution in [-0.2, 0) is 0 Å². The number of benzene rings is 2. The number of hydrogen-bond acceptors (Lipinski definition) is 4. The van der Waals surface area contributed by atoms with Gasteiger partial charge in [0.1, 0.15) is 0 Å². The fourth-order valence-corrected chi connectivity index (χ4v) is 3.58. The molecule has 0 atom stereocenters. The SMILES string of the molecule is COc1ccccc1-c1n[se]c(-c2ccccc2OC)n1. The predicted molar refractivity (Wildman–Crippen MR) is 82.9 cm³/mol. The molecule has 4 nitrogen and oxygen atoms in total. The quantitative estimate of drug-likeness (QED) is 0.682. The first-order valence-electron chi connectivity index (χ1n) is 6.44. The van der Waals surface area contributed by atoms with Crippen molar-refractivity contribution in [1.82, 2.24) is 8.96 Å². The van der Waals surface area contributed by atoms with Crippen LogP contribution in [0.2, 0.25) is 0 Å². The number of aromatic nitrogens is 2. The zero-order valence-corrected chi connectivity index (χ0v) is 13.5. The van der Waals surface area contributed by atoms with Gasteiger partial charge < -0.3 is 0 Å². The molecule has 21 heavy (non-hydrogen) atoms. The van der Waals surface area contributed by atoms with Gasteiger partial charge in [0, 0.05) is 0 Å². The summed E-state index contributed by atoms with van der Waals surface area (Å²) in [6.45, 7) is 0. The first-order chi connectivity index (χ1) is 10.3. The number of para-hydroxylation sites is 2. The van der Waals surface area contributed by atoms with Gasteiger partial charge >= 0.3 is 129 Å². The van der Waals surface area contributed by atoms with Crippen LogP contribution in [0, 0.1) is 0 Å². The molecule has 106 valence electrons. The molecule has 0 spiro atoms. The van der Waals surface area contributed by atoms with Gasteiger partial charge in [-0.15, -0.1) is 0 Å². The summed E-state index contributed by atoms with van der Waals surface area (Å²) in [5, 5.41) is 0. The molecule has 0 N–H and O–H groups in total. The second-order valence-electron chi connectivity index (χ2n) is 4.32. The first-order valence-corrected chi connectivity index (χ1v) is 8.06. The molecule has 0 aliphatic carbocycles. The summed E-state index contributed by atoms with van der Waals surface area (Å²) in [4.78, 5) is 4.68. The molecule has 0 radical (unpaired) electrons. The molecule has 3 rings (SSSR count). The van der Waals surface area contributed by atoms with Crippen molar-refractivity contribution in [2.24, 2.45) is 0 Å². The summed E-state index contributed by atoms with van der Waals surface area (Å²) in [6, 6.07) is 15.7. The Morgan fingerprint density at radius 1 is 0.810 bits per heavy atom. The van der Waals surface area contributed by atoms with Crippen molar-refractivity contribution in [2.45, 2.75) is 0 Å². The molecule has 0 bridgehead atoms. The van der Waals surface area contributed by atoms with Gasteiger partial charge in [-0.3, -0.25) is 0 Å². The summed E-state index contributed by atoms with van der Waals surface area (Å²) in [5.74, 6) is 2.35. The Morgan fingerprint density at radius 3 is 2.05 bits per heavy atom. The van der Waals surface area contributed by atoms with Crippen LogP contribution in [0.1, 0.15) is 0 Å². The Hall–Kier alpha value is -2.10. The van der Waals surface area contributed by atoms with E-state index in [0.717, 1.165) is 33.0 Å². The van der Waals surface area contributed by atoms with Gasteiger partial charge in [0.05, 0.1) is 0 Å².